The molecule has 240 valence electrons. The van der Waals surface area contributed by atoms with Crippen LogP contribution >= 0.6 is 0 Å². The van der Waals surface area contributed by atoms with Crippen molar-refractivity contribution >= 4 is 39.9 Å². The number of aromatic nitrogens is 1. The molecule has 4 unspecified atom stereocenters. The van der Waals surface area contributed by atoms with Gasteiger partial charge in [-0.15, -0.1) is 0 Å². The van der Waals surface area contributed by atoms with Gasteiger partial charge in [-0.2, -0.15) is 0 Å². The normalized spacial score (nSPS) is 21.1. The second-order valence-electron chi connectivity index (χ2n) is 13.3. The molecule has 4 atom stereocenters. The van der Waals surface area contributed by atoms with Crippen molar-refractivity contribution in [2.75, 3.05) is 10.6 Å². The van der Waals surface area contributed by atoms with Crippen molar-refractivity contribution in [2.24, 2.45) is 11.8 Å². The Balaban J connectivity index is 1.52. The van der Waals surface area contributed by atoms with Crippen LogP contribution < -0.4 is 10.6 Å². The minimum Gasteiger partial charge on any atom is -0.389 e. The van der Waals surface area contributed by atoms with E-state index in [-0.39, 0.29) is 6.42 Å². The molecule has 47 heavy (non-hydrogen) atoms. The third-order valence-corrected chi connectivity index (χ3v) is 9.51. The van der Waals surface area contributed by atoms with Crippen LogP contribution in [0, 0.1) is 39.5 Å². The maximum Gasteiger partial charge on any atom is 0.235 e. The Kier molecular flexibility index (Phi) is 8.60. The van der Waals surface area contributed by atoms with E-state index in [4.69, 9.17) is 0 Å². The number of para-hydroxylation sites is 1. The number of hydrogen-bond acceptors (Lipinski definition) is 4. The molecule has 7 heteroatoms. The molecule has 0 spiro atoms. The average Bonchev–Trinajstić information content (AvgIpc) is 3.38. The molecule has 0 aliphatic heterocycles. The molecule has 6 rings (SSSR count). The number of nitrogens with one attached hydrogen (secondary N) is 2. The van der Waals surface area contributed by atoms with Crippen LogP contribution in [-0.2, 0) is 20.9 Å². The number of benzene rings is 4. The van der Waals surface area contributed by atoms with Crippen molar-refractivity contribution in [3.63, 3.8) is 0 Å². The number of anilines is 2. The number of nitrogens with zero attached hydrogens (tertiary/aromatic N) is 1. The Morgan fingerprint density at radius 2 is 1.38 bits per heavy atom. The zero-order chi connectivity index (χ0) is 33.5. The van der Waals surface area contributed by atoms with Crippen LogP contribution in [0.1, 0.15) is 52.6 Å². The number of amides is 2. The third-order valence-electron chi connectivity index (χ3n) is 9.51. The third kappa shape index (κ3) is 6.36. The summed E-state index contributed by atoms with van der Waals surface area (Å²) in [6.45, 7) is 9.79. The topological polar surface area (TPSA) is 100 Å². The number of aryl methyl sites for hydroxylation is 4. The highest BCUT2D eigenvalue weighted by atomic mass is 16.3. The van der Waals surface area contributed by atoms with E-state index in [9.17, 15) is 19.5 Å². The highest BCUT2D eigenvalue weighted by molar-refractivity contribution is 6.11. The summed E-state index contributed by atoms with van der Waals surface area (Å²) in [5.74, 6) is -4.63. The molecule has 1 fully saturated rings. The molecular formula is C40H41N3O4. The van der Waals surface area contributed by atoms with Crippen LogP contribution in [0.25, 0.3) is 10.9 Å². The summed E-state index contributed by atoms with van der Waals surface area (Å²) in [6.07, 6.45) is 1.62. The first-order valence-electron chi connectivity index (χ1n) is 16.1. The number of carbonyl (C=O) groups is 3. The van der Waals surface area contributed by atoms with Crippen molar-refractivity contribution in [3.05, 3.63) is 131 Å². The van der Waals surface area contributed by atoms with Gasteiger partial charge in [-0.3, -0.25) is 14.4 Å². The predicted molar refractivity (Wildman–Crippen MR) is 187 cm³/mol. The lowest BCUT2D eigenvalue weighted by Crippen LogP contribution is -2.56. The molecule has 0 saturated heterocycles. The monoisotopic (exact) mass is 627 g/mol. The molecule has 0 radical (unpaired) electrons. The van der Waals surface area contributed by atoms with Crippen LogP contribution in [0.2, 0.25) is 0 Å². The quantitative estimate of drug-likeness (QED) is 0.166. The Morgan fingerprint density at radius 1 is 0.809 bits per heavy atom. The number of fused-ring (bicyclic) bond motifs is 1. The molecule has 0 bridgehead atoms. The summed E-state index contributed by atoms with van der Waals surface area (Å²) in [5, 5.41) is 18.9. The molecular weight excluding hydrogens is 586 g/mol. The van der Waals surface area contributed by atoms with E-state index >= 15 is 0 Å². The summed E-state index contributed by atoms with van der Waals surface area (Å²) in [5.41, 5.74) is 5.86. The molecule has 7 nitrogen and oxygen atoms in total. The van der Waals surface area contributed by atoms with Crippen molar-refractivity contribution in [1.82, 2.24) is 4.57 Å². The number of ketones is 1. The van der Waals surface area contributed by atoms with Gasteiger partial charge in [-0.1, -0.05) is 72.8 Å². The zero-order valence-electron chi connectivity index (χ0n) is 27.5. The van der Waals surface area contributed by atoms with Gasteiger partial charge in [0.2, 0.25) is 11.8 Å². The fourth-order valence-electron chi connectivity index (χ4n) is 7.08. The smallest absolute Gasteiger partial charge is 0.235 e. The lowest BCUT2D eigenvalue weighted by molar-refractivity contribution is -0.150. The molecule has 3 N–H and O–H groups in total. The van der Waals surface area contributed by atoms with E-state index in [1.165, 1.54) is 6.92 Å². The van der Waals surface area contributed by atoms with Crippen LogP contribution in [0.5, 0.6) is 0 Å². The van der Waals surface area contributed by atoms with E-state index in [1.54, 1.807) is 0 Å². The molecule has 4 aromatic carbocycles. The Hall–Kier alpha value is -5.01. The molecule has 2 amide bonds. The second kappa shape index (κ2) is 12.6. The Bertz CT molecular complexity index is 1990. The van der Waals surface area contributed by atoms with E-state index in [0.29, 0.717) is 23.5 Å². The first-order chi connectivity index (χ1) is 22.4. The van der Waals surface area contributed by atoms with Gasteiger partial charge in [-0.25, -0.2) is 0 Å². The molecule has 1 heterocycles. The van der Waals surface area contributed by atoms with Crippen LogP contribution in [0.15, 0.2) is 97.2 Å². The van der Waals surface area contributed by atoms with E-state index < -0.39 is 41.0 Å². The molecule has 1 aliphatic rings. The summed E-state index contributed by atoms with van der Waals surface area (Å²) >= 11 is 0. The van der Waals surface area contributed by atoms with Gasteiger partial charge < -0.3 is 20.3 Å². The summed E-state index contributed by atoms with van der Waals surface area (Å²) < 4.78 is 2.09. The van der Waals surface area contributed by atoms with Crippen molar-refractivity contribution in [1.29, 1.82) is 0 Å². The first kappa shape index (κ1) is 32.0. The van der Waals surface area contributed by atoms with Gasteiger partial charge in [0.15, 0.2) is 0 Å². The van der Waals surface area contributed by atoms with Crippen molar-refractivity contribution < 1.29 is 19.5 Å². The highest BCUT2D eigenvalue weighted by Crippen LogP contribution is 2.49. The van der Waals surface area contributed by atoms with Gasteiger partial charge in [-0.05, 0) is 86.2 Å². The van der Waals surface area contributed by atoms with Gasteiger partial charge in [0.25, 0.3) is 0 Å². The molecule has 1 aliphatic carbocycles. The standard InChI is InChI=1S/C40H41N3O4/c1-24-15-17-26(3)31(19-24)41-38(45)36-34(44)21-40(5,47)37(39(46)42-32-20-25(2)16-18-27(32)4)35(36)30-23-43(22-28-11-7-6-8-12-28)33-14-10-9-13-29(30)33/h6-20,23,35-37,47H,21-22H2,1-5H3,(H,41,45)(H,42,46). The fourth-order valence-corrected chi connectivity index (χ4v) is 7.08. The molecule has 1 saturated carbocycles. The second-order valence-corrected chi connectivity index (χ2v) is 13.3. The molecule has 1 aromatic heterocycles. The van der Waals surface area contributed by atoms with Gasteiger partial charge in [0.05, 0.1) is 11.5 Å². The maximum atomic E-state index is 14.5. The predicted octanol–water partition coefficient (Wildman–Crippen LogP) is 7.24. The van der Waals surface area contributed by atoms with Gasteiger partial charge in [0, 0.05) is 47.4 Å². The van der Waals surface area contributed by atoms with Gasteiger partial charge in [0.1, 0.15) is 11.7 Å². The minimum atomic E-state index is -1.72. The van der Waals surface area contributed by atoms with Gasteiger partial charge >= 0.3 is 0 Å². The number of carbonyl (C=O) groups excluding carboxylic acids is 3. The molecule has 5 aromatic rings. The van der Waals surface area contributed by atoms with Crippen LogP contribution in [0.3, 0.4) is 0 Å². The first-order valence-corrected chi connectivity index (χ1v) is 16.1. The lowest BCUT2D eigenvalue weighted by atomic mass is 9.61. The van der Waals surface area contributed by atoms with Crippen LogP contribution in [-0.4, -0.2) is 32.9 Å². The minimum absolute atomic E-state index is 0.331. The summed E-state index contributed by atoms with van der Waals surface area (Å²) in [4.78, 5) is 42.9. The van der Waals surface area contributed by atoms with Crippen molar-refractivity contribution in [3.8, 4) is 0 Å². The Labute approximate surface area is 275 Å². The number of hydrogen-bond donors (Lipinski definition) is 3. The van der Waals surface area contributed by atoms with Crippen molar-refractivity contribution in [2.45, 2.75) is 59.1 Å². The lowest BCUT2D eigenvalue weighted by Gasteiger charge is -2.44. The largest absolute Gasteiger partial charge is 0.389 e. The maximum absolute atomic E-state index is 14.5. The summed E-state index contributed by atoms with van der Waals surface area (Å²) in [7, 11) is 0. The fraction of sp³-hybridized carbons (Fsp3) is 0.275. The number of Topliss-reactive ketones (excluding diaryl/α,β-unsaturated/α-hetero) is 1. The van der Waals surface area contributed by atoms with Crippen LogP contribution in [0.4, 0.5) is 11.4 Å². The van der Waals surface area contributed by atoms with E-state index in [0.717, 1.165) is 38.7 Å². The highest BCUT2D eigenvalue weighted by Gasteiger charge is 2.56. The number of rotatable bonds is 7. The SMILES string of the molecule is Cc1ccc(C)c(NC(=O)C2C(=O)CC(C)(O)C(C(=O)Nc3cc(C)ccc3C)C2c2cn(Cc3ccccc3)c3ccccc23)c1. The Morgan fingerprint density at radius 3 is 2.02 bits per heavy atom. The summed E-state index contributed by atoms with van der Waals surface area (Å²) in [6, 6.07) is 29.4. The average molecular weight is 628 g/mol. The van der Waals surface area contributed by atoms with E-state index in [2.05, 4.69) is 15.2 Å². The zero-order valence-corrected chi connectivity index (χ0v) is 27.5. The van der Waals surface area contributed by atoms with E-state index in [1.807, 2.05) is 125 Å². The number of aliphatic hydroxyl groups is 1.